The molecule has 119 heavy (non-hydrogen) atoms. The van der Waals surface area contributed by atoms with Crippen LogP contribution in [0.2, 0.25) is 0 Å². The van der Waals surface area contributed by atoms with Gasteiger partial charge in [-0.1, -0.05) is 412 Å². The van der Waals surface area contributed by atoms with E-state index in [9.17, 15) is 43.5 Å². The van der Waals surface area contributed by atoms with Crippen LogP contribution < -0.4 is 0 Å². The van der Waals surface area contributed by atoms with Crippen molar-refractivity contribution in [2.45, 2.75) is 463 Å². The summed E-state index contributed by atoms with van der Waals surface area (Å²) in [5, 5.41) is 20.7. The third kappa shape index (κ3) is 94.5. The van der Waals surface area contributed by atoms with E-state index in [1.807, 2.05) is 0 Å². The van der Waals surface area contributed by atoms with Gasteiger partial charge in [0.1, 0.15) is 25.4 Å². The Morgan fingerprint density at radius 2 is 0.437 bits per heavy atom. The fraction of sp³-hybridized carbons (Fsp3) is 0.772. The lowest BCUT2D eigenvalue weighted by Crippen LogP contribution is -2.30. The topological polar surface area (TPSA) is 231 Å². The van der Waals surface area contributed by atoms with E-state index in [0.29, 0.717) is 19.3 Å². The molecule has 16 nitrogen and oxygen atoms in total. The summed E-state index contributed by atoms with van der Waals surface area (Å²) in [7, 11) is -9.80. The molecule has 4 N–H and O–H groups in total. The normalized spacial score (nSPS) is 14.2. The number of aliphatic hydroxyl groups is 2. The highest BCUT2D eigenvalue weighted by molar-refractivity contribution is 7.47. The molecule has 5 atom stereocenters. The summed E-state index contributed by atoms with van der Waals surface area (Å²) in [6, 6.07) is 0. The van der Waals surface area contributed by atoms with Gasteiger partial charge < -0.3 is 34.2 Å². The van der Waals surface area contributed by atoms with Crippen molar-refractivity contribution in [3.63, 3.8) is 0 Å². The standard InChI is InChI=1S/C101H180O16P2/c1-4-7-10-13-16-19-22-25-27-29-31-33-35-37-39-41-43-45-47-49-51-53-55-57-59-61-63-65-67-70-72-75-78-81-84-87-99(104)111-90-96(102)91-113-118(107,108)114-92-97(103)93-115-119(109,110)116-95-98(117-101(106)89-86-83-80-77-74-69-24-21-18-15-12-9-6-3)94-112-100(105)88-85-82-79-76-73-71-68-66-64-62-60-58-56-54-52-50-48-46-44-42-40-38-36-34-32-30-28-26-23-20-17-14-11-8-5-2/h12,15-17,19-21,24-28,31-34,37-40,96-98,102-103H,4-11,13-14,18,22-23,29-30,35-36,41-95H2,1-3H3,(H,107,108)(H,109,110)/b15-12-,19-16-,20-17-,24-21-,27-25-,28-26-,33-31-,34-32-,39-37-,40-38-. The third-order valence-corrected chi connectivity index (χ3v) is 23.0. The molecule has 0 saturated carbocycles. The maximum atomic E-state index is 13.0. The van der Waals surface area contributed by atoms with Gasteiger partial charge in [-0.15, -0.1) is 0 Å². The van der Waals surface area contributed by atoms with E-state index >= 15 is 0 Å². The first kappa shape index (κ1) is 115. The Morgan fingerprint density at radius 1 is 0.235 bits per heavy atom. The predicted molar refractivity (Wildman–Crippen MR) is 500 cm³/mol. The Labute approximate surface area is 729 Å². The summed E-state index contributed by atoms with van der Waals surface area (Å²) < 4.78 is 61.4. The first-order valence-corrected chi connectivity index (χ1v) is 51.8. The van der Waals surface area contributed by atoms with Crippen LogP contribution >= 0.6 is 15.6 Å². The van der Waals surface area contributed by atoms with Crippen LogP contribution in [-0.4, -0.2) is 95.9 Å². The van der Waals surface area contributed by atoms with Crippen LogP contribution in [0.25, 0.3) is 0 Å². The Balaban J connectivity index is 4.33. The number of phosphoric acid groups is 2. The van der Waals surface area contributed by atoms with Crippen LogP contribution in [0.3, 0.4) is 0 Å². The summed E-state index contributed by atoms with van der Waals surface area (Å²) in [4.78, 5) is 58.9. The van der Waals surface area contributed by atoms with Crippen LogP contribution in [0.15, 0.2) is 122 Å². The maximum Gasteiger partial charge on any atom is 0.472 e. The lowest BCUT2D eigenvalue weighted by atomic mass is 10.0. The van der Waals surface area contributed by atoms with Crippen molar-refractivity contribution in [1.29, 1.82) is 0 Å². The van der Waals surface area contributed by atoms with Crippen LogP contribution in [0.4, 0.5) is 0 Å². The molecule has 0 aliphatic carbocycles. The third-order valence-electron chi connectivity index (χ3n) is 21.1. The molecule has 0 radical (unpaired) electrons. The van der Waals surface area contributed by atoms with Crippen LogP contribution in [-0.2, 0) is 55.8 Å². The molecule has 0 bridgehead atoms. The molecular formula is C101H180O16P2. The SMILES string of the molecule is CCC/C=C\C/C=C\CCCCCCCC(=O)OC(COC(=O)CCCCCCCCCCCCCCCCCCCCC/C=C\C/C=C\C/C=C\C/C=C\CCCCC)COP(=O)(O)OCC(O)COP(=O)(O)OCC(O)COC(=O)CCCCCCCCCCCCCCCCCCCCC/C=C\C/C=C\C/C=C\C/C=C\CCCCC. The number of rotatable bonds is 93. The molecule has 0 aromatic rings. The fourth-order valence-corrected chi connectivity index (χ4v) is 15.3. The van der Waals surface area contributed by atoms with Crippen molar-refractivity contribution in [3.8, 4) is 0 Å². The van der Waals surface area contributed by atoms with E-state index in [1.54, 1.807) is 0 Å². The molecule has 0 amide bonds. The van der Waals surface area contributed by atoms with E-state index in [-0.39, 0.29) is 19.3 Å². The van der Waals surface area contributed by atoms with Crippen LogP contribution in [0.1, 0.15) is 445 Å². The minimum Gasteiger partial charge on any atom is -0.463 e. The second-order valence-electron chi connectivity index (χ2n) is 32.9. The Hall–Kier alpha value is -4.05. The van der Waals surface area contributed by atoms with Crippen LogP contribution in [0.5, 0.6) is 0 Å². The predicted octanol–water partition coefficient (Wildman–Crippen LogP) is 30.3. The number of carbonyl (C=O) groups is 3. The molecule has 18 heteroatoms. The van der Waals surface area contributed by atoms with E-state index in [2.05, 4.69) is 142 Å². The van der Waals surface area contributed by atoms with Crippen molar-refractivity contribution in [3.05, 3.63) is 122 Å². The highest BCUT2D eigenvalue weighted by atomic mass is 31.2. The number of carbonyl (C=O) groups excluding carboxylic acids is 3. The number of hydrogen-bond acceptors (Lipinski definition) is 14. The van der Waals surface area contributed by atoms with Crippen molar-refractivity contribution in [2.75, 3.05) is 39.6 Å². The monoisotopic (exact) mass is 1710 g/mol. The summed E-state index contributed by atoms with van der Waals surface area (Å²) in [5.41, 5.74) is 0. The molecule has 0 aliphatic heterocycles. The smallest absolute Gasteiger partial charge is 0.463 e. The number of esters is 3. The van der Waals surface area contributed by atoms with Crippen LogP contribution in [0, 0.1) is 0 Å². The van der Waals surface area contributed by atoms with Gasteiger partial charge in [0.15, 0.2) is 6.10 Å². The minimum atomic E-state index is -4.94. The lowest BCUT2D eigenvalue weighted by molar-refractivity contribution is -0.161. The van der Waals surface area contributed by atoms with Gasteiger partial charge in [0.05, 0.1) is 26.4 Å². The first-order chi connectivity index (χ1) is 58.2. The van der Waals surface area contributed by atoms with E-state index < -0.39 is 91.5 Å². The van der Waals surface area contributed by atoms with Gasteiger partial charge in [-0.2, -0.15) is 0 Å². The van der Waals surface area contributed by atoms with E-state index in [1.165, 1.54) is 257 Å². The number of aliphatic hydroxyl groups excluding tert-OH is 2. The molecule has 0 aromatic heterocycles. The van der Waals surface area contributed by atoms with Crippen molar-refractivity contribution in [2.24, 2.45) is 0 Å². The number of allylic oxidation sites excluding steroid dienone is 20. The van der Waals surface area contributed by atoms with Gasteiger partial charge in [-0.05, 0) is 135 Å². The van der Waals surface area contributed by atoms with Gasteiger partial charge in [0, 0.05) is 19.3 Å². The second kappa shape index (κ2) is 93.1. The maximum absolute atomic E-state index is 13.0. The van der Waals surface area contributed by atoms with Crippen molar-refractivity contribution in [1.82, 2.24) is 0 Å². The summed E-state index contributed by atoms with van der Waals surface area (Å²) >= 11 is 0. The summed E-state index contributed by atoms with van der Waals surface area (Å²) in [5.74, 6) is -1.57. The number of phosphoric ester groups is 2. The molecule has 0 fully saturated rings. The number of unbranched alkanes of at least 4 members (excludes halogenated alkanes) is 50. The zero-order valence-electron chi connectivity index (χ0n) is 76.3. The largest absolute Gasteiger partial charge is 0.472 e. The molecular weight excluding hydrogens is 1530 g/mol. The highest BCUT2D eigenvalue weighted by Crippen LogP contribution is 2.45. The second-order valence-corrected chi connectivity index (χ2v) is 35.8. The Bertz CT molecular complexity index is 2640. The Morgan fingerprint density at radius 3 is 0.697 bits per heavy atom. The minimum absolute atomic E-state index is 0.0901. The molecule has 0 heterocycles. The van der Waals surface area contributed by atoms with Crippen molar-refractivity contribution < 1.29 is 75.8 Å². The van der Waals surface area contributed by atoms with Gasteiger partial charge in [-0.3, -0.25) is 32.5 Å². The average molecular weight is 1710 g/mol. The lowest BCUT2D eigenvalue weighted by Gasteiger charge is -2.21. The molecule has 690 valence electrons. The molecule has 5 unspecified atom stereocenters. The van der Waals surface area contributed by atoms with E-state index in [4.69, 9.17) is 32.3 Å². The highest BCUT2D eigenvalue weighted by Gasteiger charge is 2.30. The zero-order valence-corrected chi connectivity index (χ0v) is 78.1. The zero-order chi connectivity index (χ0) is 86.5. The quantitative estimate of drug-likeness (QED) is 0.0146. The van der Waals surface area contributed by atoms with Gasteiger partial charge >= 0.3 is 33.6 Å². The van der Waals surface area contributed by atoms with Crippen molar-refractivity contribution >= 4 is 33.6 Å². The molecule has 0 saturated heterocycles. The summed E-state index contributed by atoms with van der Waals surface area (Å²) in [6.07, 6.45) is 116. The molecule has 0 spiro atoms. The molecule has 0 aromatic carbocycles. The first-order valence-electron chi connectivity index (χ1n) is 48.8. The fourth-order valence-electron chi connectivity index (χ4n) is 13.7. The van der Waals surface area contributed by atoms with Gasteiger partial charge in [0.2, 0.25) is 0 Å². The summed E-state index contributed by atoms with van der Waals surface area (Å²) in [6.45, 7) is 2.61. The number of ether oxygens (including phenoxy) is 3. The molecule has 0 aliphatic rings. The average Bonchev–Trinajstić information content (AvgIpc) is 0.904. The van der Waals surface area contributed by atoms with Gasteiger partial charge in [-0.25, -0.2) is 9.13 Å². The number of hydrogen-bond donors (Lipinski definition) is 4. The van der Waals surface area contributed by atoms with E-state index in [0.717, 1.165) is 128 Å². The Kier molecular flexibility index (Phi) is 89.9. The van der Waals surface area contributed by atoms with Gasteiger partial charge in [0.25, 0.3) is 0 Å². The molecule has 0 rings (SSSR count).